The predicted octanol–water partition coefficient (Wildman–Crippen LogP) is 5.59. The number of rotatable bonds is 6. The average molecular weight is 434 g/mol. The van der Waals surface area contributed by atoms with Crippen molar-refractivity contribution in [3.8, 4) is 11.5 Å². The van der Waals surface area contributed by atoms with Crippen LogP contribution in [0.3, 0.4) is 0 Å². The van der Waals surface area contributed by atoms with Crippen LogP contribution in [-0.4, -0.2) is 29.6 Å². The van der Waals surface area contributed by atoms with Gasteiger partial charge in [0.15, 0.2) is 11.5 Å². The molecule has 0 spiro atoms. The lowest BCUT2D eigenvalue weighted by atomic mass is 10.1. The zero-order valence-electron chi connectivity index (χ0n) is 15.0. The molecule has 26 heavy (non-hydrogen) atoms. The van der Waals surface area contributed by atoms with E-state index in [0.29, 0.717) is 13.2 Å². The van der Waals surface area contributed by atoms with Crippen molar-refractivity contribution in [2.75, 3.05) is 19.7 Å². The van der Waals surface area contributed by atoms with Gasteiger partial charge >= 0.3 is 0 Å². The minimum Gasteiger partial charge on any atom is -0.490 e. The normalized spacial score (nSPS) is 14.2. The molecule has 5 heteroatoms. The largest absolute Gasteiger partial charge is 0.490 e. The molecule has 0 atom stereocenters. The molecule has 1 aliphatic rings. The van der Waals surface area contributed by atoms with Crippen molar-refractivity contribution in [1.29, 1.82) is 0 Å². The summed E-state index contributed by atoms with van der Waals surface area (Å²) < 4.78 is 12.8. The van der Waals surface area contributed by atoms with Crippen molar-refractivity contribution in [2.24, 2.45) is 0 Å². The van der Waals surface area contributed by atoms with Crippen LogP contribution in [0.25, 0.3) is 0 Å². The van der Waals surface area contributed by atoms with Gasteiger partial charge in [0.05, 0.1) is 11.1 Å². The number of halogens is 1. The van der Waals surface area contributed by atoms with E-state index >= 15 is 0 Å². The molecule has 2 aromatic rings. The average Bonchev–Trinajstić information content (AvgIpc) is 2.68. The van der Waals surface area contributed by atoms with Gasteiger partial charge < -0.3 is 14.4 Å². The summed E-state index contributed by atoms with van der Waals surface area (Å²) in [6.45, 7) is 5.12. The maximum absolute atomic E-state index is 6.06. The van der Waals surface area contributed by atoms with Crippen LogP contribution in [0.2, 0.25) is 0 Å². The zero-order valence-corrected chi connectivity index (χ0v) is 17.4. The fourth-order valence-electron chi connectivity index (χ4n) is 3.10. The van der Waals surface area contributed by atoms with Crippen LogP contribution in [0.1, 0.15) is 37.3 Å². The van der Waals surface area contributed by atoms with Crippen LogP contribution in [0, 0.1) is 0 Å². The second-order valence-electron chi connectivity index (χ2n) is 6.35. The fraction of sp³-hybridized carbons (Fsp3) is 0.381. The molecule has 0 aliphatic carbocycles. The van der Waals surface area contributed by atoms with Crippen molar-refractivity contribution >= 4 is 33.1 Å². The maximum Gasteiger partial charge on any atom is 0.175 e. The Labute approximate surface area is 169 Å². The third kappa shape index (κ3) is 4.77. The van der Waals surface area contributed by atoms with Gasteiger partial charge in [-0.15, -0.1) is 0 Å². The summed E-state index contributed by atoms with van der Waals surface area (Å²) in [5, 5.41) is 0. The van der Waals surface area contributed by atoms with Crippen molar-refractivity contribution < 1.29 is 9.47 Å². The highest BCUT2D eigenvalue weighted by Crippen LogP contribution is 2.38. The molecule has 1 saturated heterocycles. The van der Waals surface area contributed by atoms with Crippen LogP contribution in [0.4, 0.5) is 0 Å². The van der Waals surface area contributed by atoms with Crippen molar-refractivity contribution in [3.63, 3.8) is 0 Å². The number of hydrogen-bond donors (Lipinski definition) is 0. The van der Waals surface area contributed by atoms with Gasteiger partial charge in [-0.1, -0.05) is 42.5 Å². The molecule has 138 valence electrons. The Kier molecular flexibility index (Phi) is 6.92. The van der Waals surface area contributed by atoms with E-state index in [2.05, 4.69) is 20.8 Å². The molecule has 1 fully saturated rings. The number of hydrogen-bond acceptors (Lipinski definition) is 3. The summed E-state index contributed by atoms with van der Waals surface area (Å²) in [4.78, 5) is 3.18. The second kappa shape index (κ2) is 9.38. The molecule has 0 bridgehead atoms. The lowest BCUT2D eigenvalue weighted by molar-refractivity contribution is 0.267. The first kappa shape index (κ1) is 19.2. The Hall–Kier alpha value is -1.59. The van der Waals surface area contributed by atoms with Crippen LogP contribution in [0.15, 0.2) is 46.9 Å². The molecule has 2 aromatic carbocycles. The summed E-state index contributed by atoms with van der Waals surface area (Å²) >= 11 is 9.39. The number of nitrogens with zero attached hydrogens (tertiary/aromatic N) is 1. The van der Waals surface area contributed by atoms with E-state index in [1.54, 1.807) is 0 Å². The zero-order chi connectivity index (χ0) is 18.4. The highest BCUT2D eigenvalue weighted by Gasteiger charge is 2.19. The molecule has 1 aliphatic heterocycles. The Morgan fingerprint density at radius 2 is 1.81 bits per heavy atom. The van der Waals surface area contributed by atoms with Crippen LogP contribution >= 0.6 is 28.1 Å². The summed E-state index contributed by atoms with van der Waals surface area (Å²) in [6.07, 6.45) is 3.70. The Bertz CT molecular complexity index is 745. The molecule has 0 unspecified atom stereocenters. The van der Waals surface area contributed by atoms with E-state index in [0.717, 1.165) is 45.2 Å². The van der Waals surface area contributed by atoms with E-state index in [9.17, 15) is 0 Å². The molecule has 0 radical (unpaired) electrons. The first-order chi connectivity index (χ1) is 12.7. The Balaban J connectivity index is 1.81. The van der Waals surface area contributed by atoms with Gasteiger partial charge in [0.2, 0.25) is 0 Å². The summed E-state index contributed by atoms with van der Waals surface area (Å²) in [7, 11) is 0. The van der Waals surface area contributed by atoms with Gasteiger partial charge in [-0.3, -0.25) is 0 Å². The number of benzene rings is 2. The summed E-state index contributed by atoms with van der Waals surface area (Å²) in [5.74, 6) is 1.45. The first-order valence-electron chi connectivity index (χ1n) is 9.11. The quantitative estimate of drug-likeness (QED) is 0.553. The standard InChI is InChI=1S/C21H24BrNO2S/c1-2-24-19-14-17(21(26)23-11-7-4-8-12-23)13-18(22)20(19)25-15-16-9-5-3-6-10-16/h3,5-6,9-10,13-14H,2,4,7-8,11-12,15H2,1H3. The SMILES string of the molecule is CCOc1cc(C(=S)N2CCCCC2)cc(Br)c1OCc1ccccc1. The fourth-order valence-corrected chi connectivity index (χ4v) is 3.96. The highest BCUT2D eigenvalue weighted by molar-refractivity contribution is 9.10. The third-order valence-corrected chi connectivity index (χ3v) is 5.51. The summed E-state index contributed by atoms with van der Waals surface area (Å²) in [5.41, 5.74) is 2.12. The molecule has 1 heterocycles. The Morgan fingerprint density at radius 1 is 1.08 bits per heavy atom. The number of likely N-dealkylation sites (tertiary alicyclic amines) is 1. The second-order valence-corrected chi connectivity index (χ2v) is 7.59. The van der Waals surface area contributed by atoms with Gasteiger partial charge in [-0.25, -0.2) is 0 Å². The van der Waals surface area contributed by atoms with Crippen LogP contribution in [0.5, 0.6) is 11.5 Å². The topological polar surface area (TPSA) is 21.7 Å². The highest BCUT2D eigenvalue weighted by atomic mass is 79.9. The molecule has 3 nitrogen and oxygen atoms in total. The maximum atomic E-state index is 6.06. The van der Waals surface area contributed by atoms with Gasteiger partial charge in [-0.2, -0.15) is 0 Å². The van der Waals surface area contributed by atoms with Gasteiger partial charge in [-0.05, 0) is 59.8 Å². The van der Waals surface area contributed by atoms with Crippen molar-refractivity contribution in [1.82, 2.24) is 4.90 Å². The number of thiocarbonyl (C=S) groups is 1. The smallest absolute Gasteiger partial charge is 0.175 e. The third-order valence-electron chi connectivity index (χ3n) is 4.43. The molecule has 0 aromatic heterocycles. The van der Waals surface area contributed by atoms with Crippen molar-refractivity contribution in [3.05, 3.63) is 58.1 Å². The van der Waals surface area contributed by atoms with E-state index in [-0.39, 0.29) is 0 Å². The monoisotopic (exact) mass is 433 g/mol. The molecule has 3 rings (SSSR count). The Morgan fingerprint density at radius 3 is 2.50 bits per heavy atom. The van der Waals surface area contributed by atoms with E-state index in [4.69, 9.17) is 21.7 Å². The predicted molar refractivity (Wildman–Crippen MR) is 113 cm³/mol. The number of piperidine rings is 1. The molecule has 0 N–H and O–H groups in total. The first-order valence-corrected chi connectivity index (χ1v) is 10.3. The lowest BCUT2D eigenvalue weighted by Gasteiger charge is -2.29. The van der Waals surface area contributed by atoms with E-state index in [1.165, 1.54) is 19.3 Å². The van der Waals surface area contributed by atoms with Gasteiger partial charge in [0, 0.05) is 18.7 Å². The van der Waals surface area contributed by atoms with Crippen molar-refractivity contribution in [2.45, 2.75) is 32.8 Å². The van der Waals surface area contributed by atoms with Gasteiger partial charge in [0.1, 0.15) is 11.6 Å². The molecular formula is C21H24BrNO2S. The van der Waals surface area contributed by atoms with E-state index < -0.39 is 0 Å². The lowest BCUT2D eigenvalue weighted by Crippen LogP contribution is -2.34. The summed E-state index contributed by atoms with van der Waals surface area (Å²) in [6, 6.07) is 14.2. The molecule has 0 saturated carbocycles. The minimum atomic E-state index is 0.495. The number of ether oxygens (including phenoxy) is 2. The van der Waals surface area contributed by atoms with Gasteiger partial charge in [0.25, 0.3) is 0 Å². The van der Waals surface area contributed by atoms with E-state index in [1.807, 2.05) is 49.4 Å². The minimum absolute atomic E-state index is 0.495. The van der Waals surface area contributed by atoms with Crippen LogP contribution < -0.4 is 9.47 Å². The van der Waals surface area contributed by atoms with Crippen LogP contribution in [-0.2, 0) is 6.61 Å². The molecular weight excluding hydrogens is 410 g/mol. The molecule has 0 amide bonds.